The minimum atomic E-state index is 0.241. The number of fused-ring (bicyclic) bond motifs is 1. The van der Waals surface area contributed by atoms with Crippen LogP contribution in [0.5, 0.6) is 0 Å². The Morgan fingerprint density at radius 1 is 1.42 bits per heavy atom. The van der Waals surface area contributed by atoms with Gasteiger partial charge in [-0.2, -0.15) is 4.37 Å². The van der Waals surface area contributed by atoms with Gasteiger partial charge in [0.2, 0.25) is 5.91 Å². The quantitative estimate of drug-likeness (QED) is 0.853. The van der Waals surface area contributed by atoms with E-state index in [1.54, 1.807) is 0 Å². The molecule has 0 unspecified atom stereocenters. The van der Waals surface area contributed by atoms with Crippen molar-refractivity contribution in [3.63, 3.8) is 0 Å². The van der Waals surface area contributed by atoms with Gasteiger partial charge >= 0.3 is 0 Å². The van der Waals surface area contributed by atoms with Crippen LogP contribution in [0.1, 0.15) is 32.3 Å². The van der Waals surface area contributed by atoms with Gasteiger partial charge in [-0.1, -0.05) is 19.1 Å². The van der Waals surface area contributed by atoms with Gasteiger partial charge < -0.3 is 0 Å². The minimum absolute atomic E-state index is 0.241. The molecule has 0 N–H and O–H groups in total. The molecular weight excluding hydrogens is 256 g/mol. The summed E-state index contributed by atoms with van der Waals surface area (Å²) >= 11 is 1.49. The molecule has 1 heterocycles. The molecule has 3 nitrogen and oxygen atoms in total. The molecule has 100 valence electrons. The lowest BCUT2D eigenvalue weighted by molar-refractivity contribution is -0.119. The molecule has 0 aliphatic heterocycles. The number of hydrogen-bond donors (Lipinski definition) is 0. The number of carbonyl (C=O) groups excluding carboxylic acids is 1. The van der Waals surface area contributed by atoms with E-state index in [9.17, 15) is 4.79 Å². The first-order chi connectivity index (χ1) is 9.26. The summed E-state index contributed by atoms with van der Waals surface area (Å²) < 4.78 is 5.73. The van der Waals surface area contributed by atoms with Crippen molar-refractivity contribution in [2.45, 2.75) is 33.1 Å². The fourth-order valence-electron chi connectivity index (χ4n) is 2.48. The van der Waals surface area contributed by atoms with Crippen molar-refractivity contribution in [3.05, 3.63) is 23.8 Å². The van der Waals surface area contributed by atoms with E-state index in [1.165, 1.54) is 27.2 Å². The van der Waals surface area contributed by atoms with E-state index >= 15 is 0 Å². The normalized spacial score (nSPS) is 14.8. The number of hydrogen-bond acceptors (Lipinski definition) is 3. The van der Waals surface area contributed by atoms with Crippen molar-refractivity contribution in [1.82, 2.24) is 4.37 Å². The van der Waals surface area contributed by atoms with Crippen LogP contribution in [-0.4, -0.2) is 16.8 Å². The van der Waals surface area contributed by atoms with Crippen LogP contribution in [0.25, 0.3) is 10.1 Å². The number of rotatable bonds is 4. The summed E-state index contributed by atoms with van der Waals surface area (Å²) in [5.74, 6) is 1.36. The first-order valence-corrected chi connectivity index (χ1v) is 7.72. The maximum absolute atomic E-state index is 12.4. The highest BCUT2D eigenvalue weighted by atomic mass is 32.1. The Labute approximate surface area is 117 Å². The van der Waals surface area contributed by atoms with Crippen molar-refractivity contribution in [1.29, 1.82) is 0 Å². The highest BCUT2D eigenvalue weighted by Gasteiger charge is 2.34. The number of benzene rings is 1. The highest BCUT2D eigenvalue weighted by molar-refractivity contribution is 7.13. The van der Waals surface area contributed by atoms with Crippen LogP contribution < -0.4 is 4.90 Å². The van der Waals surface area contributed by atoms with Crippen molar-refractivity contribution in [2.75, 3.05) is 11.4 Å². The smallest absolute Gasteiger partial charge is 0.231 e. The lowest BCUT2D eigenvalue weighted by Gasteiger charge is -2.19. The number of anilines is 1. The maximum atomic E-state index is 12.4. The molecule has 1 aliphatic carbocycles. The second-order valence-electron chi connectivity index (χ2n) is 5.01. The number of nitrogens with zero attached hydrogens (tertiary/aromatic N) is 2. The number of aromatic nitrogens is 1. The second kappa shape index (κ2) is 4.93. The van der Waals surface area contributed by atoms with Gasteiger partial charge in [0, 0.05) is 17.8 Å². The third-order valence-electron chi connectivity index (χ3n) is 3.71. The van der Waals surface area contributed by atoms with Gasteiger partial charge in [-0.05, 0) is 49.3 Å². The summed E-state index contributed by atoms with van der Waals surface area (Å²) in [6.45, 7) is 4.88. The highest BCUT2D eigenvalue weighted by Crippen LogP contribution is 2.37. The summed E-state index contributed by atoms with van der Waals surface area (Å²) in [6.07, 6.45) is 3.05. The van der Waals surface area contributed by atoms with Crippen LogP contribution >= 0.6 is 11.5 Å². The van der Waals surface area contributed by atoms with Crippen molar-refractivity contribution in [2.24, 2.45) is 5.92 Å². The maximum Gasteiger partial charge on any atom is 0.231 e. The van der Waals surface area contributed by atoms with E-state index in [0.29, 0.717) is 6.54 Å². The van der Waals surface area contributed by atoms with Gasteiger partial charge in [-0.15, -0.1) is 0 Å². The first-order valence-electron chi connectivity index (χ1n) is 6.94. The molecule has 3 rings (SSSR count). The summed E-state index contributed by atoms with van der Waals surface area (Å²) in [6, 6.07) is 6.29. The Morgan fingerprint density at radius 3 is 2.84 bits per heavy atom. The zero-order valence-electron chi connectivity index (χ0n) is 11.3. The summed E-state index contributed by atoms with van der Waals surface area (Å²) in [5, 5.41) is 1.17. The van der Waals surface area contributed by atoms with Crippen LogP contribution in [0.4, 0.5) is 5.82 Å². The first kappa shape index (κ1) is 12.6. The Bertz CT molecular complexity index is 616. The Morgan fingerprint density at radius 2 is 2.21 bits per heavy atom. The van der Waals surface area contributed by atoms with Crippen LogP contribution in [0.15, 0.2) is 18.2 Å². The standard InChI is InChI=1S/C15H18N2OS/c1-3-10-6-5-7-12-13(10)14(16-19-12)17(4-2)15(18)11-8-9-11/h5-7,11H,3-4,8-9H2,1-2H3. The zero-order valence-corrected chi connectivity index (χ0v) is 12.2. The summed E-state index contributed by atoms with van der Waals surface area (Å²) in [5.41, 5.74) is 1.28. The molecule has 2 aromatic rings. The van der Waals surface area contributed by atoms with E-state index in [2.05, 4.69) is 29.5 Å². The molecule has 1 fully saturated rings. The van der Waals surface area contributed by atoms with Crippen LogP contribution in [0.3, 0.4) is 0 Å². The van der Waals surface area contributed by atoms with Gasteiger partial charge in [0.05, 0.1) is 4.70 Å². The Balaban J connectivity index is 2.10. The molecule has 1 saturated carbocycles. The zero-order chi connectivity index (χ0) is 13.4. The lowest BCUT2D eigenvalue weighted by Crippen LogP contribution is -2.32. The Hall–Kier alpha value is -1.42. The van der Waals surface area contributed by atoms with Gasteiger partial charge in [0.15, 0.2) is 5.82 Å². The van der Waals surface area contributed by atoms with Crippen LogP contribution in [-0.2, 0) is 11.2 Å². The van der Waals surface area contributed by atoms with Crippen molar-refractivity contribution in [3.8, 4) is 0 Å². The summed E-state index contributed by atoms with van der Waals surface area (Å²) in [7, 11) is 0. The molecule has 4 heteroatoms. The van der Waals surface area contributed by atoms with E-state index in [1.807, 2.05) is 11.8 Å². The van der Waals surface area contributed by atoms with Gasteiger partial charge in [-0.25, -0.2) is 0 Å². The number of aryl methyl sites for hydroxylation is 1. The molecular formula is C15H18N2OS. The average Bonchev–Trinajstić information content (AvgIpc) is 3.21. The van der Waals surface area contributed by atoms with Gasteiger partial charge in [-0.3, -0.25) is 9.69 Å². The predicted molar refractivity (Wildman–Crippen MR) is 79.7 cm³/mol. The molecule has 0 radical (unpaired) electrons. The molecule has 1 aromatic carbocycles. The van der Waals surface area contributed by atoms with Gasteiger partial charge in [0.1, 0.15) is 0 Å². The van der Waals surface area contributed by atoms with E-state index in [-0.39, 0.29) is 11.8 Å². The molecule has 1 aliphatic rings. The van der Waals surface area contributed by atoms with Crippen LogP contribution in [0, 0.1) is 5.92 Å². The van der Waals surface area contributed by atoms with Crippen LogP contribution in [0.2, 0.25) is 0 Å². The molecule has 1 aromatic heterocycles. The number of carbonyl (C=O) groups is 1. The molecule has 1 amide bonds. The summed E-state index contributed by atoms with van der Waals surface area (Å²) in [4.78, 5) is 14.2. The molecule has 19 heavy (non-hydrogen) atoms. The fraction of sp³-hybridized carbons (Fsp3) is 0.467. The molecule has 0 saturated heterocycles. The third kappa shape index (κ3) is 2.14. The topological polar surface area (TPSA) is 33.2 Å². The SMILES string of the molecule is CCc1cccc2snc(N(CC)C(=O)C3CC3)c12. The largest absolute Gasteiger partial charge is 0.295 e. The van der Waals surface area contributed by atoms with Gasteiger partial charge in [0.25, 0.3) is 0 Å². The molecule has 0 atom stereocenters. The van der Waals surface area contributed by atoms with Crippen molar-refractivity contribution >= 4 is 33.3 Å². The molecule has 0 spiro atoms. The minimum Gasteiger partial charge on any atom is -0.295 e. The monoisotopic (exact) mass is 274 g/mol. The predicted octanol–water partition coefficient (Wildman–Crippen LogP) is 3.62. The number of amides is 1. The van der Waals surface area contributed by atoms with E-state index < -0.39 is 0 Å². The molecule has 0 bridgehead atoms. The van der Waals surface area contributed by atoms with Crippen molar-refractivity contribution < 1.29 is 4.79 Å². The lowest BCUT2D eigenvalue weighted by atomic mass is 10.1. The van der Waals surface area contributed by atoms with E-state index in [0.717, 1.165) is 25.1 Å². The van der Waals surface area contributed by atoms with E-state index in [4.69, 9.17) is 0 Å². The second-order valence-corrected chi connectivity index (χ2v) is 5.81. The average molecular weight is 274 g/mol. The fourth-order valence-corrected chi connectivity index (χ4v) is 3.31. The Kier molecular flexibility index (Phi) is 3.27. The third-order valence-corrected chi connectivity index (χ3v) is 4.51.